The maximum absolute atomic E-state index is 12.6. The van der Waals surface area contributed by atoms with Gasteiger partial charge in [-0.2, -0.15) is 0 Å². The van der Waals surface area contributed by atoms with Gasteiger partial charge in [-0.25, -0.2) is 0 Å². The number of hydrogen-bond acceptors (Lipinski definition) is 6. The molecule has 29 heavy (non-hydrogen) atoms. The van der Waals surface area contributed by atoms with Crippen LogP contribution in [0.25, 0.3) is 0 Å². The number of rotatable bonds is 16. The van der Waals surface area contributed by atoms with Gasteiger partial charge in [0.05, 0.1) is 51.5 Å². The molecule has 2 fully saturated rings. The van der Waals surface area contributed by atoms with Gasteiger partial charge in [-0.1, -0.05) is 25.5 Å². The van der Waals surface area contributed by atoms with Crippen LogP contribution < -0.4 is 0 Å². The van der Waals surface area contributed by atoms with Crippen LogP contribution in [0.4, 0.5) is 0 Å². The zero-order valence-corrected chi connectivity index (χ0v) is 17.6. The molecular formula is C22H35NO6. The number of allylic oxidation sites excluding steroid dienone is 2. The summed E-state index contributed by atoms with van der Waals surface area (Å²) < 4.78 is 21.8. The van der Waals surface area contributed by atoms with E-state index in [1.807, 2.05) is 0 Å². The van der Waals surface area contributed by atoms with E-state index in [2.05, 4.69) is 19.1 Å². The van der Waals surface area contributed by atoms with E-state index in [-0.39, 0.29) is 35.5 Å². The number of amides is 2. The van der Waals surface area contributed by atoms with Gasteiger partial charge in [-0.05, 0) is 31.1 Å². The first kappa shape index (κ1) is 22.4. The molecular weight excluding hydrogens is 374 g/mol. The van der Waals surface area contributed by atoms with Crippen molar-refractivity contribution in [1.82, 2.24) is 4.90 Å². The summed E-state index contributed by atoms with van der Waals surface area (Å²) in [7, 11) is 0. The average molecular weight is 410 g/mol. The molecule has 3 rings (SSSR count). The fraction of sp³-hybridized carbons (Fsp3) is 0.818. The maximum Gasteiger partial charge on any atom is 0.233 e. The standard InChI is InChI=1S/C22H35NO6/c1-2-3-8-26-10-12-28-14-15-29-13-11-27-9-4-7-23-21(24)19-17-5-6-18(16-17)20(19)22(23)25/h5-6,17-20H,2-4,7-16H2,1H3/t17-,18+,19-,20+. The van der Waals surface area contributed by atoms with E-state index in [0.29, 0.717) is 59.2 Å². The molecule has 4 atom stereocenters. The van der Waals surface area contributed by atoms with Crippen LogP contribution in [-0.4, -0.2) is 76.1 Å². The molecule has 3 aliphatic rings. The van der Waals surface area contributed by atoms with Crippen molar-refractivity contribution < 1.29 is 28.5 Å². The number of carbonyl (C=O) groups excluding carboxylic acids is 2. The number of nitrogens with zero attached hydrogens (tertiary/aromatic N) is 1. The van der Waals surface area contributed by atoms with Crippen molar-refractivity contribution in [2.24, 2.45) is 23.7 Å². The second kappa shape index (κ2) is 11.8. The lowest BCUT2D eigenvalue weighted by molar-refractivity contribution is -0.140. The van der Waals surface area contributed by atoms with Crippen molar-refractivity contribution in [3.05, 3.63) is 12.2 Å². The molecule has 0 radical (unpaired) electrons. The molecule has 1 aliphatic heterocycles. The highest BCUT2D eigenvalue weighted by Gasteiger charge is 2.58. The van der Waals surface area contributed by atoms with E-state index >= 15 is 0 Å². The third kappa shape index (κ3) is 5.87. The fourth-order valence-corrected chi connectivity index (χ4v) is 4.52. The summed E-state index contributed by atoms with van der Waals surface area (Å²) in [6, 6.07) is 0. The Kier molecular flexibility index (Phi) is 9.11. The molecule has 7 nitrogen and oxygen atoms in total. The first-order chi connectivity index (χ1) is 14.2. The van der Waals surface area contributed by atoms with E-state index < -0.39 is 0 Å². The van der Waals surface area contributed by atoms with E-state index in [4.69, 9.17) is 18.9 Å². The summed E-state index contributed by atoms with van der Waals surface area (Å²) in [5, 5.41) is 0. The maximum atomic E-state index is 12.6. The molecule has 1 heterocycles. The minimum atomic E-state index is -0.100. The SMILES string of the molecule is CCCCOCCOCCOCCOCCCN1C(=O)[C@@H]2[C@H](C1=O)[C@@H]1C=C[C@H]2C1. The number of fused-ring (bicyclic) bond motifs is 5. The zero-order chi connectivity index (χ0) is 20.5. The molecule has 0 spiro atoms. The molecule has 0 aromatic heterocycles. The second-order valence-corrected chi connectivity index (χ2v) is 7.98. The van der Waals surface area contributed by atoms with Crippen LogP contribution in [0.3, 0.4) is 0 Å². The normalized spacial score (nSPS) is 27.4. The summed E-state index contributed by atoms with van der Waals surface area (Å²) >= 11 is 0. The van der Waals surface area contributed by atoms with Crippen molar-refractivity contribution in [3.63, 3.8) is 0 Å². The fourth-order valence-electron chi connectivity index (χ4n) is 4.52. The highest BCUT2D eigenvalue weighted by molar-refractivity contribution is 6.06. The van der Waals surface area contributed by atoms with Crippen LogP contribution in [0, 0.1) is 23.7 Å². The summed E-state index contributed by atoms with van der Waals surface area (Å²) in [4.78, 5) is 26.6. The Morgan fingerprint density at radius 2 is 1.21 bits per heavy atom. The Labute approximate surface area is 173 Å². The molecule has 7 heteroatoms. The Morgan fingerprint density at radius 3 is 1.69 bits per heavy atom. The number of unbranched alkanes of at least 4 members (excludes halogenated alkanes) is 1. The quantitative estimate of drug-likeness (QED) is 0.221. The molecule has 2 amide bonds. The molecule has 0 N–H and O–H groups in total. The Morgan fingerprint density at radius 1 is 0.759 bits per heavy atom. The lowest BCUT2D eigenvalue weighted by Gasteiger charge is -2.17. The van der Waals surface area contributed by atoms with Crippen LogP contribution in [0.15, 0.2) is 12.2 Å². The molecule has 1 saturated carbocycles. The van der Waals surface area contributed by atoms with Crippen LogP contribution in [0.5, 0.6) is 0 Å². The van der Waals surface area contributed by atoms with E-state index in [1.165, 1.54) is 4.90 Å². The predicted octanol–water partition coefficient (Wildman–Crippen LogP) is 2.05. The van der Waals surface area contributed by atoms with Crippen molar-refractivity contribution >= 4 is 11.8 Å². The minimum absolute atomic E-state index is 0.0240. The van der Waals surface area contributed by atoms with Crippen LogP contribution in [0.2, 0.25) is 0 Å². The van der Waals surface area contributed by atoms with Crippen LogP contribution >= 0.6 is 0 Å². The van der Waals surface area contributed by atoms with E-state index in [0.717, 1.165) is 25.9 Å². The monoisotopic (exact) mass is 409 g/mol. The number of carbonyl (C=O) groups is 2. The van der Waals surface area contributed by atoms with Gasteiger partial charge in [0.25, 0.3) is 0 Å². The van der Waals surface area contributed by atoms with E-state index in [9.17, 15) is 9.59 Å². The van der Waals surface area contributed by atoms with E-state index in [1.54, 1.807) is 0 Å². The Hall–Kier alpha value is -1.28. The Balaban J connectivity index is 1.13. The average Bonchev–Trinajstić information content (AvgIpc) is 3.40. The Bertz CT molecular complexity index is 536. The lowest BCUT2D eigenvalue weighted by Crippen LogP contribution is -2.34. The third-order valence-corrected chi connectivity index (χ3v) is 5.99. The van der Waals surface area contributed by atoms with Crippen molar-refractivity contribution in [3.8, 4) is 0 Å². The van der Waals surface area contributed by atoms with Gasteiger partial charge in [0.1, 0.15) is 0 Å². The summed E-state index contributed by atoms with van der Waals surface area (Å²) in [6.07, 6.45) is 8.12. The lowest BCUT2D eigenvalue weighted by atomic mass is 9.85. The molecule has 2 bridgehead atoms. The van der Waals surface area contributed by atoms with Crippen molar-refractivity contribution in [2.45, 2.75) is 32.6 Å². The van der Waals surface area contributed by atoms with Gasteiger partial charge in [0.2, 0.25) is 11.8 Å². The number of likely N-dealkylation sites (tertiary alicyclic amines) is 1. The zero-order valence-electron chi connectivity index (χ0n) is 17.6. The molecule has 0 aromatic rings. The molecule has 164 valence electrons. The number of ether oxygens (including phenoxy) is 4. The predicted molar refractivity (Wildman–Crippen MR) is 107 cm³/mol. The van der Waals surface area contributed by atoms with Gasteiger partial charge in [0, 0.05) is 19.8 Å². The van der Waals surface area contributed by atoms with Gasteiger partial charge in [-0.15, -0.1) is 0 Å². The van der Waals surface area contributed by atoms with Gasteiger partial charge in [0.15, 0.2) is 0 Å². The summed E-state index contributed by atoms with van der Waals surface area (Å²) in [5.41, 5.74) is 0. The van der Waals surface area contributed by atoms with Crippen LogP contribution in [0.1, 0.15) is 32.6 Å². The minimum Gasteiger partial charge on any atom is -0.379 e. The van der Waals surface area contributed by atoms with Gasteiger partial charge < -0.3 is 18.9 Å². The summed E-state index contributed by atoms with van der Waals surface area (Å²) in [6.45, 7) is 7.24. The first-order valence-electron chi connectivity index (χ1n) is 11.1. The van der Waals surface area contributed by atoms with Gasteiger partial charge in [-0.3, -0.25) is 14.5 Å². The topological polar surface area (TPSA) is 74.3 Å². The van der Waals surface area contributed by atoms with Gasteiger partial charge >= 0.3 is 0 Å². The molecule has 0 unspecified atom stereocenters. The number of imide groups is 1. The molecule has 0 aromatic carbocycles. The largest absolute Gasteiger partial charge is 0.379 e. The molecule has 2 aliphatic carbocycles. The summed E-state index contributed by atoms with van der Waals surface area (Å²) in [5.74, 6) is 0.399. The second-order valence-electron chi connectivity index (χ2n) is 7.98. The number of hydrogen-bond donors (Lipinski definition) is 0. The highest BCUT2D eigenvalue weighted by Crippen LogP contribution is 2.52. The smallest absolute Gasteiger partial charge is 0.233 e. The highest BCUT2D eigenvalue weighted by atomic mass is 16.6. The van der Waals surface area contributed by atoms with Crippen molar-refractivity contribution in [2.75, 3.05) is 59.4 Å². The first-order valence-corrected chi connectivity index (χ1v) is 11.1. The van der Waals surface area contributed by atoms with Crippen molar-refractivity contribution in [1.29, 1.82) is 0 Å². The molecule has 1 saturated heterocycles. The van der Waals surface area contributed by atoms with Crippen LogP contribution in [-0.2, 0) is 28.5 Å². The third-order valence-electron chi connectivity index (χ3n) is 5.99.